The van der Waals surface area contributed by atoms with Gasteiger partial charge in [-0.05, 0) is 41.4 Å². The van der Waals surface area contributed by atoms with E-state index in [1.165, 1.54) is 43.5 Å². The van der Waals surface area contributed by atoms with E-state index < -0.39 is 22.8 Å². The standard InChI is InChI=1S/C14H12FNO4S/c1-20-13-8-10(5-6-12(13)15)16-14(17)9-3-2-4-11(7-9)21(18)19/h2-8H,1H3,(H,16,17)(H,18,19)/p-1. The molecular formula is C14H11FNO4S-. The average molecular weight is 308 g/mol. The second-order valence-corrected chi connectivity index (χ2v) is 5.01. The van der Waals surface area contributed by atoms with Gasteiger partial charge in [-0.1, -0.05) is 6.07 Å². The minimum Gasteiger partial charge on any atom is -0.768 e. The van der Waals surface area contributed by atoms with Gasteiger partial charge in [-0.15, -0.1) is 0 Å². The van der Waals surface area contributed by atoms with Gasteiger partial charge in [-0.2, -0.15) is 0 Å². The molecule has 1 unspecified atom stereocenters. The van der Waals surface area contributed by atoms with E-state index in [4.69, 9.17) is 4.74 Å². The maximum atomic E-state index is 13.3. The molecule has 110 valence electrons. The predicted molar refractivity (Wildman–Crippen MR) is 74.5 cm³/mol. The van der Waals surface area contributed by atoms with Gasteiger partial charge in [0.1, 0.15) is 0 Å². The summed E-state index contributed by atoms with van der Waals surface area (Å²) in [4.78, 5) is 12.0. The average Bonchev–Trinajstić information content (AvgIpc) is 2.49. The van der Waals surface area contributed by atoms with Crippen LogP contribution in [0.2, 0.25) is 0 Å². The van der Waals surface area contributed by atoms with Crippen LogP contribution in [0.15, 0.2) is 47.4 Å². The highest BCUT2D eigenvalue weighted by Gasteiger charge is 2.09. The molecule has 2 aromatic rings. The van der Waals surface area contributed by atoms with Gasteiger partial charge >= 0.3 is 0 Å². The number of hydrogen-bond acceptors (Lipinski definition) is 4. The third kappa shape index (κ3) is 3.65. The molecule has 1 atom stereocenters. The van der Waals surface area contributed by atoms with Gasteiger partial charge < -0.3 is 14.6 Å². The molecule has 0 aliphatic carbocycles. The summed E-state index contributed by atoms with van der Waals surface area (Å²) in [5.41, 5.74) is 0.520. The second kappa shape index (κ2) is 6.47. The molecule has 0 saturated carbocycles. The Kier molecular flexibility index (Phi) is 4.66. The molecule has 0 bridgehead atoms. The Labute approximate surface area is 123 Å². The maximum Gasteiger partial charge on any atom is 0.255 e. The molecule has 0 aromatic heterocycles. The summed E-state index contributed by atoms with van der Waals surface area (Å²) in [6, 6.07) is 9.45. The summed E-state index contributed by atoms with van der Waals surface area (Å²) in [6.45, 7) is 0. The second-order valence-electron chi connectivity index (χ2n) is 4.07. The van der Waals surface area contributed by atoms with E-state index >= 15 is 0 Å². The summed E-state index contributed by atoms with van der Waals surface area (Å²) in [5.74, 6) is -1.04. The summed E-state index contributed by atoms with van der Waals surface area (Å²) in [5, 5.41) is 2.54. The third-order valence-corrected chi connectivity index (χ3v) is 3.34. The van der Waals surface area contributed by atoms with Crippen molar-refractivity contribution < 1.29 is 22.7 Å². The summed E-state index contributed by atoms with van der Waals surface area (Å²) in [6.07, 6.45) is 0. The number of halogens is 1. The van der Waals surface area contributed by atoms with Crippen LogP contribution in [0.5, 0.6) is 5.75 Å². The first-order valence-electron chi connectivity index (χ1n) is 5.85. The van der Waals surface area contributed by atoms with E-state index in [0.29, 0.717) is 5.69 Å². The normalized spacial score (nSPS) is 11.8. The number of amides is 1. The number of carbonyl (C=O) groups excluding carboxylic acids is 1. The van der Waals surface area contributed by atoms with Crippen LogP contribution >= 0.6 is 0 Å². The molecule has 0 aliphatic heterocycles. The van der Waals surface area contributed by atoms with Crippen LogP contribution in [0.4, 0.5) is 10.1 Å². The van der Waals surface area contributed by atoms with Gasteiger partial charge in [0.2, 0.25) is 0 Å². The van der Waals surface area contributed by atoms with Crippen molar-refractivity contribution >= 4 is 22.7 Å². The molecule has 21 heavy (non-hydrogen) atoms. The highest BCUT2D eigenvalue weighted by Crippen LogP contribution is 2.22. The first-order valence-corrected chi connectivity index (χ1v) is 6.93. The highest BCUT2D eigenvalue weighted by atomic mass is 32.2. The third-order valence-electron chi connectivity index (χ3n) is 2.70. The fraction of sp³-hybridized carbons (Fsp3) is 0.0714. The zero-order valence-electron chi connectivity index (χ0n) is 11.0. The molecule has 7 heteroatoms. The van der Waals surface area contributed by atoms with E-state index in [-0.39, 0.29) is 16.2 Å². The van der Waals surface area contributed by atoms with Crippen molar-refractivity contribution in [3.05, 3.63) is 53.8 Å². The number of nitrogens with one attached hydrogen (secondary N) is 1. The van der Waals surface area contributed by atoms with Crippen LogP contribution in [-0.4, -0.2) is 21.8 Å². The number of methoxy groups -OCH3 is 1. The Hall–Kier alpha value is -2.25. The van der Waals surface area contributed by atoms with E-state index in [1.807, 2.05) is 0 Å². The molecule has 1 N–H and O–H groups in total. The van der Waals surface area contributed by atoms with Crippen molar-refractivity contribution in [2.24, 2.45) is 0 Å². The summed E-state index contributed by atoms with van der Waals surface area (Å²) >= 11 is -2.41. The van der Waals surface area contributed by atoms with Crippen LogP contribution in [0, 0.1) is 5.82 Å². The fourth-order valence-corrected chi connectivity index (χ4v) is 2.09. The molecule has 1 amide bonds. The first kappa shape index (κ1) is 15.1. The minimum atomic E-state index is -2.41. The Morgan fingerprint density at radius 3 is 2.71 bits per heavy atom. The minimum absolute atomic E-state index is 0.00205. The SMILES string of the molecule is COc1cc(NC(=O)c2cccc(S(=O)[O-])c2)ccc1F. The largest absolute Gasteiger partial charge is 0.768 e. The Balaban J connectivity index is 2.22. The van der Waals surface area contributed by atoms with Crippen LogP contribution in [0.3, 0.4) is 0 Å². The molecule has 0 heterocycles. The quantitative estimate of drug-likeness (QED) is 0.879. The molecule has 0 spiro atoms. The Morgan fingerprint density at radius 1 is 1.29 bits per heavy atom. The van der Waals surface area contributed by atoms with Crippen LogP contribution < -0.4 is 10.1 Å². The van der Waals surface area contributed by atoms with Crippen molar-refractivity contribution in [1.82, 2.24) is 0 Å². The summed E-state index contributed by atoms with van der Waals surface area (Å²) in [7, 11) is 1.32. The molecule has 0 fully saturated rings. The van der Waals surface area contributed by atoms with Crippen molar-refractivity contribution in [1.29, 1.82) is 0 Å². The van der Waals surface area contributed by atoms with Crippen molar-refractivity contribution in [2.75, 3.05) is 12.4 Å². The maximum absolute atomic E-state index is 13.3. The fourth-order valence-electron chi connectivity index (χ4n) is 1.68. The lowest BCUT2D eigenvalue weighted by Gasteiger charge is -2.09. The van der Waals surface area contributed by atoms with Crippen molar-refractivity contribution in [3.63, 3.8) is 0 Å². The lowest BCUT2D eigenvalue weighted by molar-refractivity contribution is 0.102. The number of carbonyl (C=O) groups is 1. The summed E-state index contributed by atoms with van der Waals surface area (Å²) < 4.78 is 39.8. The zero-order chi connectivity index (χ0) is 15.4. The van der Waals surface area contributed by atoms with E-state index in [9.17, 15) is 17.9 Å². The van der Waals surface area contributed by atoms with Crippen LogP contribution in [-0.2, 0) is 11.1 Å². The van der Waals surface area contributed by atoms with Gasteiger partial charge in [0.25, 0.3) is 5.91 Å². The molecule has 0 saturated heterocycles. The molecule has 5 nitrogen and oxygen atoms in total. The molecule has 2 aromatic carbocycles. The number of benzene rings is 2. The van der Waals surface area contributed by atoms with E-state index in [0.717, 1.165) is 6.07 Å². The topological polar surface area (TPSA) is 78.5 Å². The predicted octanol–water partition coefficient (Wildman–Crippen LogP) is 2.32. The van der Waals surface area contributed by atoms with Crippen molar-refractivity contribution in [3.8, 4) is 5.75 Å². The van der Waals surface area contributed by atoms with Gasteiger partial charge in [-0.3, -0.25) is 9.00 Å². The number of rotatable bonds is 4. The molecule has 0 aliphatic rings. The number of ether oxygens (including phenoxy) is 1. The first-order chi connectivity index (χ1) is 10.0. The van der Waals surface area contributed by atoms with Gasteiger partial charge in [0.05, 0.1) is 7.11 Å². The molecule has 0 radical (unpaired) electrons. The van der Waals surface area contributed by atoms with E-state index in [2.05, 4.69) is 5.32 Å². The Morgan fingerprint density at radius 2 is 2.05 bits per heavy atom. The zero-order valence-corrected chi connectivity index (χ0v) is 11.8. The lowest BCUT2D eigenvalue weighted by Crippen LogP contribution is -2.12. The monoisotopic (exact) mass is 308 g/mol. The van der Waals surface area contributed by atoms with Gasteiger partial charge in [0, 0.05) is 22.2 Å². The van der Waals surface area contributed by atoms with Gasteiger partial charge in [0.15, 0.2) is 11.6 Å². The highest BCUT2D eigenvalue weighted by molar-refractivity contribution is 7.79. The van der Waals surface area contributed by atoms with E-state index in [1.54, 1.807) is 0 Å². The van der Waals surface area contributed by atoms with Crippen molar-refractivity contribution in [2.45, 2.75) is 4.90 Å². The smallest absolute Gasteiger partial charge is 0.255 e. The molecule has 2 rings (SSSR count). The van der Waals surface area contributed by atoms with Gasteiger partial charge in [-0.25, -0.2) is 4.39 Å². The number of hydrogen-bond donors (Lipinski definition) is 1. The number of anilines is 1. The van der Waals surface area contributed by atoms with Crippen LogP contribution in [0.25, 0.3) is 0 Å². The lowest BCUT2D eigenvalue weighted by atomic mass is 10.2. The Bertz CT molecular complexity index is 705. The molecular weight excluding hydrogens is 297 g/mol. The van der Waals surface area contributed by atoms with Crippen LogP contribution in [0.1, 0.15) is 10.4 Å².